The van der Waals surface area contributed by atoms with Crippen LogP contribution in [-0.4, -0.2) is 23.1 Å². The van der Waals surface area contributed by atoms with Gasteiger partial charge in [0.05, 0.1) is 0 Å². The molecule has 0 aromatic carbocycles. The van der Waals surface area contributed by atoms with E-state index in [0.29, 0.717) is 12.1 Å². The molecule has 1 aliphatic heterocycles. The second-order valence-corrected chi connectivity index (χ2v) is 7.62. The van der Waals surface area contributed by atoms with Gasteiger partial charge in [-0.1, -0.05) is 48.3 Å². The second-order valence-electron chi connectivity index (χ2n) is 4.84. The van der Waals surface area contributed by atoms with Gasteiger partial charge in [-0.15, -0.1) is 0 Å². The molecule has 0 aromatic rings. The Labute approximate surface area is 103 Å². The zero-order valence-electron chi connectivity index (χ0n) is 10.3. The van der Waals surface area contributed by atoms with Gasteiger partial charge in [0.25, 0.3) is 0 Å². The van der Waals surface area contributed by atoms with E-state index in [1.54, 1.807) is 0 Å². The summed E-state index contributed by atoms with van der Waals surface area (Å²) in [4.78, 5) is 0. The summed E-state index contributed by atoms with van der Waals surface area (Å²) in [5.74, 6) is 1.38. The number of nitrogens with one attached hydrogen (secondary N) is 1. The Morgan fingerprint density at radius 3 is 2.67 bits per heavy atom. The minimum Gasteiger partial charge on any atom is -0.312 e. The molecule has 0 aromatic heterocycles. The zero-order valence-corrected chi connectivity index (χ0v) is 11.9. The van der Waals surface area contributed by atoms with E-state index in [1.165, 1.54) is 37.9 Å². The highest BCUT2D eigenvalue weighted by molar-refractivity contribution is 8.77. The van der Waals surface area contributed by atoms with Gasteiger partial charge in [0.15, 0.2) is 0 Å². The topological polar surface area (TPSA) is 12.0 Å². The van der Waals surface area contributed by atoms with Crippen molar-refractivity contribution in [1.29, 1.82) is 0 Å². The summed E-state index contributed by atoms with van der Waals surface area (Å²) in [6, 6.07) is 1.32. The van der Waals surface area contributed by atoms with Crippen LogP contribution in [0.15, 0.2) is 0 Å². The monoisotopic (exact) mass is 247 g/mol. The summed E-state index contributed by atoms with van der Waals surface area (Å²) in [6.07, 6.45) is 7.02. The largest absolute Gasteiger partial charge is 0.312 e. The first kappa shape index (κ1) is 13.7. The Bertz CT molecular complexity index is 156. The molecular weight excluding hydrogens is 222 g/mol. The van der Waals surface area contributed by atoms with Crippen molar-refractivity contribution >= 4 is 21.6 Å². The number of rotatable bonds is 7. The fourth-order valence-electron chi connectivity index (χ4n) is 2.04. The molecule has 1 rings (SSSR count). The fourth-order valence-corrected chi connectivity index (χ4v) is 5.07. The lowest BCUT2D eigenvalue weighted by Gasteiger charge is -2.16. The van der Waals surface area contributed by atoms with E-state index in [1.807, 2.05) is 0 Å². The average Bonchev–Trinajstić information content (AvgIpc) is 2.63. The van der Waals surface area contributed by atoms with Crippen LogP contribution < -0.4 is 5.32 Å². The molecule has 0 bridgehead atoms. The first-order chi connectivity index (χ1) is 7.18. The van der Waals surface area contributed by atoms with E-state index < -0.39 is 0 Å². The fraction of sp³-hybridized carbons (Fsp3) is 1.00. The Balaban J connectivity index is 1.91. The van der Waals surface area contributed by atoms with E-state index in [-0.39, 0.29) is 0 Å². The van der Waals surface area contributed by atoms with Crippen molar-refractivity contribution in [2.75, 3.05) is 5.75 Å². The highest BCUT2D eigenvalue weighted by atomic mass is 33.1. The van der Waals surface area contributed by atoms with Crippen LogP contribution in [0, 0.1) is 0 Å². The predicted octanol–water partition coefficient (Wildman–Crippen LogP) is 4.09. The van der Waals surface area contributed by atoms with Gasteiger partial charge in [-0.3, -0.25) is 0 Å². The van der Waals surface area contributed by atoms with Crippen molar-refractivity contribution in [2.45, 2.75) is 70.2 Å². The summed E-state index contributed by atoms with van der Waals surface area (Å²) in [5, 5.41) is 4.52. The van der Waals surface area contributed by atoms with Crippen molar-refractivity contribution in [1.82, 2.24) is 5.32 Å². The molecule has 1 fully saturated rings. The van der Waals surface area contributed by atoms with Gasteiger partial charge in [0.1, 0.15) is 0 Å². The summed E-state index contributed by atoms with van der Waals surface area (Å²) in [6.45, 7) is 6.76. The Morgan fingerprint density at radius 1 is 1.27 bits per heavy atom. The smallest absolute Gasteiger partial charge is 0.0159 e. The minimum absolute atomic E-state index is 0.627. The maximum absolute atomic E-state index is 3.56. The predicted molar refractivity (Wildman–Crippen MR) is 74.7 cm³/mol. The van der Waals surface area contributed by atoms with Crippen LogP contribution >= 0.6 is 21.6 Å². The third kappa shape index (κ3) is 6.75. The van der Waals surface area contributed by atoms with Crippen LogP contribution in [0.4, 0.5) is 0 Å². The molecule has 0 amide bonds. The Hall–Kier alpha value is 0.660. The molecule has 3 heteroatoms. The molecular formula is C12H25NS2. The molecule has 1 N–H and O–H groups in total. The van der Waals surface area contributed by atoms with Crippen molar-refractivity contribution in [3.05, 3.63) is 0 Å². The first-order valence-electron chi connectivity index (χ1n) is 6.23. The number of hydrogen-bond donors (Lipinski definition) is 1. The van der Waals surface area contributed by atoms with E-state index in [9.17, 15) is 0 Å². The van der Waals surface area contributed by atoms with Gasteiger partial charge in [0, 0.05) is 23.1 Å². The molecule has 1 saturated heterocycles. The molecule has 0 aliphatic carbocycles. The highest BCUT2D eigenvalue weighted by Gasteiger charge is 2.15. The Morgan fingerprint density at radius 2 is 2.07 bits per heavy atom. The SMILES string of the molecule is CC(C)NC(C)CCCCC1CCSS1. The zero-order chi connectivity index (χ0) is 11.1. The first-order valence-corrected chi connectivity index (χ1v) is 8.61. The average molecular weight is 247 g/mol. The molecule has 1 aliphatic rings. The molecule has 2 atom stereocenters. The molecule has 15 heavy (non-hydrogen) atoms. The van der Waals surface area contributed by atoms with Crippen molar-refractivity contribution in [2.24, 2.45) is 0 Å². The lowest BCUT2D eigenvalue weighted by molar-refractivity contribution is 0.445. The van der Waals surface area contributed by atoms with E-state index in [4.69, 9.17) is 0 Å². The van der Waals surface area contributed by atoms with Gasteiger partial charge in [-0.25, -0.2) is 0 Å². The van der Waals surface area contributed by atoms with Crippen molar-refractivity contribution < 1.29 is 0 Å². The van der Waals surface area contributed by atoms with Crippen molar-refractivity contribution in [3.8, 4) is 0 Å². The normalized spacial score (nSPS) is 23.6. The van der Waals surface area contributed by atoms with Gasteiger partial charge in [0.2, 0.25) is 0 Å². The minimum atomic E-state index is 0.627. The van der Waals surface area contributed by atoms with Crippen molar-refractivity contribution in [3.63, 3.8) is 0 Å². The highest BCUT2D eigenvalue weighted by Crippen LogP contribution is 2.39. The van der Waals surface area contributed by atoms with E-state index >= 15 is 0 Å². The van der Waals surface area contributed by atoms with Gasteiger partial charge >= 0.3 is 0 Å². The number of hydrogen-bond acceptors (Lipinski definition) is 3. The summed E-state index contributed by atoms with van der Waals surface area (Å²) < 4.78 is 0. The molecule has 2 unspecified atom stereocenters. The van der Waals surface area contributed by atoms with E-state index in [0.717, 1.165) is 5.25 Å². The van der Waals surface area contributed by atoms with Gasteiger partial charge in [-0.05, 0) is 26.2 Å². The summed E-state index contributed by atoms with van der Waals surface area (Å²) in [7, 11) is 4.17. The van der Waals surface area contributed by atoms with E-state index in [2.05, 4.69) is 47.7 Å². The van der Waals surface area contributed by atoms with Gasteiger partial charge < -0.3 is 5.32 Å². The molecule has 0 spiro atoms. The maximum atomic E-state index is 3.56. The van der Waals surface area contributed by atoms with Crippen LogP contribution in [0.1, 0.15) is 52.9 Å². The molecule has 1 heterocycles. The lowest BCUT2D eigenvalue weighted by Crippen LogP contribution is -2.32. The maximum Gasteiger partial charge on any atom is 0.0159 e. The van der Waals surface area contributed by atoms with Crippen LogP contribution in [0.5, 0.6) is 0 Å². The second kappa shape index (κ2) is 7.86. The standard InChI is InChI=1S/C12H25NS2/c1-10(2)13-11(3)6-4-5-7-12-8-9-14-15-12/h10-13H,4-9H2,1-3H3. The lowest BCUT2D eigenvalue weighted by atomic mass is 10.1. The summed E-state index contributed by atoms with van der Waals surface area (Å²) in [5.41, 5.74) is 0. The van der Waals surface area contributed by atoms with Gasteiger partial charge in [-0.2, -0.15) is 0 Å². The quantitative estimate of drug-likeness (QED) is 0.537. The molecule has 90 valence electrons. The third-order valence-corrected chi connectivity index (χ3v) is 5.77. The van der Waals surface area contributed by atoms with Crippen LogP contribution in [0.2, 0.25) is 0 Å². The molecule has 1 nitrogen and oxygen atoms in total. The summed E-state index contributed by atoms with van der Waals surface area (Å²) >= 11 is 0. The molecule has 0 saturated carbocycles. The molecule has 0 radical (unpaired) electrons. The van der Waals surface area contributed by atoms with Crippen LogP contribution in [0.3, 0.4) is 0 Å². The van der Waals surface area contributed by atoms with Crippen LogP contribution in [-0.2, 0) is 0 Å². The Kier molecular flexibility index (Phi) is 7.19. The van der Waals surface area contributed by atoms with Crippen LogP contribution in [0.25, 0.3) is 0 Å². The number of unbranched alkanes of at least 4 members (excludes halogenated alkanes) is 1. The third-order valence-electron chi connectivity index (χ3n) is 2.76.